The molecule has 0 aliphatic heterocycles. The summed E-state index contributed by atoms with van der Waals surface area (Å²) in [6.45, 7) is 3.89. The zero-order chi connectivity index (χ0) is 13.7. The number of esters is 1. The van der Waals surface area contributed by atoms with Gasteiger partial charge in [-0.15, -0.1) is 0 Å². The molecule has 0 heterocycles. The molecular formula is C14H20O4. The molecule has 4 heteroatoms. The molecule has 1 aromatic carbocycles. The highest BCUT2D eigenvalue weighted by Gasteiger charge is 2.25. The summed E-state index contributed by atoms with van der Waals surface area (Å²) in [5.74, 6) is 0.817. The van der Waals surface area contributed by atoms with E-state index < -0.39 is 0 Å². The number of carbonyl (C=O) groups is 1. The first-order chi connectivity index (χ1) is 8.58. The maximum absolute atomic E-state index is 11.8. The van der Waals surface area contributed by atoms with Gasteiger partial charge >= 0.3 is 5.97 Å². The molecule has 1 rings (SSSR count). The maximum Gasteiger partial charge on any atom is 0.313 e. The summed E-state index contributed by atoms with van der Waals surface area (Å²) in [6, 6.07) is 3.68. The Morgan fingerprint density at radius 1 is 1.22 bits per heavy atom. The van der Waals surface area contributed by atoms with Crippen LogP contribution in [0, 0.1) is 6.92 Å². The molecule has 100 valence electrons. The molecule has 0 aliphatic carbocycles. The zero-order valence-corrected chi connectivity index (χ0v) is 11.6. The molecule has 0 saturated heterocycles. The minimum absolute atomic E-state index is 0.246. The lowest BCUT2D eigenvalue weighted by Gasteiger charge is -2.19. The molecule has 0 bridgehead atoms. The smallest absolute Gasteiger partial charge is 0.313 e. The normalized spacial score (nSPS) is 11.8. The van der Waals surface area contributed by atoms with Gasteiger partial charge in [0.25, 0.3) is 0 Å². The van der Waals surface area contributed by atoms with Gasteiger partial charge in [-0.25, -0.2) is 0 Å². The van der Waals surface area contributed by atoms with Gasteiger partial charge in [-0.3, -0.25) is 4.79 Å². The minimum Gasteiger partial charge on any atom is -0.497 e. The number of aryl methyl sites for hydroxylation is 1. The maximum atomic E-state index is 11.8. The molecule has 0 radical (unpaired) electrons. The Balaban J connectivity index is 3.32. The predicted octanol–water partition coefficient (Wildman–Crippen LogP) is 2.68. The van der Waals surface area contributed by atoms with Gasteiger partial charge in [0.2, 0.25) is 0 Å². The summed E-state index contributed by atoms with van der Waals surface area (Å²) in [7, 11) is 4.59. The van der Waals surface area contributed by atoms with E-state index in [1.165, 1.54) is 7.11 Å². The van der Waals surface area contributed by atoms with Gasteiger partial charge in [0.1, 0.15) is 11.5 Å². The quantitative estimate of drug-likeness (QED) is 0.756. The van der Waals surface area contributed by atoms with E-state index in [4.69, 9.17) is 14.2 Å². The van der Waals surface area contributed by atoms with Crippen LogP contribution in [0.3, 0.4) is 0 Å². The third kappa shape index (κ3) is 2.75. The SMILES string of the molecule is CCC(C(=O)OC)c1c(C)cc(OC)cc1OC. The van der Waals surface area contributed by atoms with E-state index in [0.717, 1.165) is 11.1 Å². The average molecular weight is 252 g/mol. The number of methoxy groups -OCH3 is 3. The minimum atomic E-state index is -0.309. The van der Waals surface area contributed by atoms with Crippen molar-refractivity contribution < 1.29 is 19.0 Å². The molecule has 1 aromatic rings. The van der Waals surface area contributed by atoms with Gasteiger partial charge in [0.15, 0.2) is 0 Å². The van der Waals surface area contributed by atoms with Crippen LogP contribution in [0.2, 0.25) is 0 Å². The fourth-order valence-electron chi connectivity index (χ4n) is 2.10. The van der Waals surface area contributed by atoms with Crippen LogP contribution in [-0.4, -0.2) is 27.3 Å². The second-order valence-corrected chi connectivity index (χ2v) is 4.04. The van der Waals surface area contributed by atoms with Crippen LogP contribution in [0.1, 0.15) is 30.4 Å². The zero-order valence-electron chi connectivity index (χ0n) is 11.6. The number of carbonyl (C=O) groups excluding carboxylic acids is 1. The Labute approximate surface area is 108 Å². The van der Waals surface area contributed by atoms with Crippen molar-refractivity contribution in [1.82, 2.24) is 0 Å². The first-order valence-electron chi connectivity index (χ1n) is 5.89. The molecule has 0 fully saturated rings. The summed E-state index contributed by atoms with van der Waals surface area (Å²) < 4.78 is 15.4. The first-order valence-corrected chi connectivity index (χ1v) is 5.89. The van der Waals surface area contributed by atoms with E-state index in [2.05, 4.69) is 0 Å². The summed E-state index contributed by atoms with van der Waals surface area (Å²) >= 11 is 0. The molecule has 0 aliphatic rings. The van der Waals surface area contributed by atoms with E-state index >= 15 is 0 Å². The molecule has 0 amide bonds. The highest BCUT2D eigenvalue weighted by molar-refractivity contribution is 5.80. The van der Waals surface area contributed by atoms with Crippen LogP contribution < -0.4 is 9.47 Å². The Bertz CT molecular complexity index is 426. The lowest BCUT2D eigenvalue weighted by atomic mass is 9.91. The van der Waals surface area contributed by atoms with E-state index in [-0.39, 0.29) is 11.9 Å². The first kappa shape index (κ1) is 14.4. The fraction of sp³-hybridized carbons (Fsp3) is 0.500. The van der Waals surface area contributed by atoms with Crippen molar-refractivity contribution in [3.05, 3.63) is 23.3 Å². The monoisotopic (exact) mass is 252 g/mol. The largest absolute Gasteiger partial charge is 0.497 e. The van der Waals surface area contributed by atoms with Gasteiger partial charge in [-0.1, -0.05) is 6.92 Å². The topological polar surface area (TPSA) is 44.8 Å². The van der Waals surface area contributed by atoms with Gasteiger partial charge in [-0.05, 0) is 25.0 Å². The van der Waals surface area contributed by atoms with Crippen molar-refractivity contribution in [3.8, 4) is 11.5 Å². The van der Waals surface area contributed by atoms with E-state index in [0.29, 0.717) is 17.9 Å². The van der Waals surface area contributed by atoms with Crippen LogP contribution in [0.15, 0.2) is 12.1 Å². The summed E-state index contributed by atoms with van der Waals surface area (Å²) in [6.07, 6.45) is 0.663. The number of rotatable bonds is 5. The van der Waals surface area contributed by atoms with Gasteiger partial charge < -0.3 is 14.2 Å². The number of ether oxygens (including phenoxy) is 3. The van der Waals surface area contributed by atoms with E-state index in [1.807, 2.05) is 19.9 Å². The van der Waals surface area contributed by atoms with Crippen molar-refractivity contribution in [1.29, 1.82) is 0 Å². The van der Waals surface area contributed by atoms with Gasteiger partial charge in [0.05, 0.1) is 27.2 Å². The molecule has 0 N–H and O–H groups in total. The third-order valence-corrected chi connectivity index (χ3v) is 3.02. The highest BCUT2D eigenvalue weighted by Crippen LogP contribution is 2.36. The van der Waals surface area contributed by atoms with Crippen molar-refractivity contribution in [3.63, 3.8) is 0 Å². The lowest BCUT2D eigenvalue weighted by Crippen LogP contribution is -2.15. The second-order valence-electron chi connectivity index (χ2n) is 4.04. The van der Waals surface area contributed by atoms with Crippen molar-refractivity contribution in [2.75, 3.05) is 21.3 Å². The van der Waals surface area contributed by atoms with E-state index in [1.54, 1.807) is 20.3 Å². The Morgan fingerprint density at radius 3 is 2.33 bits per heavy atom. The molecule has 0 spiro atoms. The molecule has 0 aromatic heterocycles. The summed E-state index contributed by atoms with van der Waals surface area (Å²) in [4.78, 5) is 11.8. The van der Waals surface area contributed by atoms with Crippen LogP contribution in [-0.2, 0) is 9.53 Å². The molecule has 1 unspecified atom stereocenters. The summed E-state index contributed by atoms with van der Waals surface area (Å²) in [5, 5.41) is 0. The number of hydrogen-bond donors (Lipinski definition) is 0. The highest BCUT2D eigenvalue weighted by atomic mass is 16.5. The average Bonchev–Trinajstić information content (AvgIpc) is 2.40. The van der Waals surface area contributed by atoms with Crippen LogP contribution in [0.5, 0.6) is 11.5 Å². The fourth-order valence-corrected chi connectivity index (χ4v) is 2.10. The van der Waals surface area contributed by atoms with Crippen molar-refractivity contribution in [2.24, 2.45) is 0 Å². The molecule has 4 nitrogen and oxygen atoms in total. The number of benzene rings is 1. The van der Waals surface area contributed by atoms with Crippen molar-refractivity contribution in [2.45, 2.75) is 26.2 Å². The Kier molecular flexibility index (Phi) is 5.01. The van der Waals surface area contributed by atoms with Gasteiger partial charge in [-0.2, -0.15) is 0 Å². The van der Waals surface area contributed by atoms with Crippen LogP contribution >= 0.6 is 0 Å². The molecule has 1 atom stereocenters. The van der Waals surface area contributed by atoms with Crippen LogP contribution in [0.4, 0.5) is 0 Å². The third-order valence-electron chi connectivity index (χ3n) is 3.02. The lowest BCUT2D eigenvalue weighted by molar-refractivity contribution is -0.142. The summed E-state index contributed by atoms with van der Waals surface area (Å²) in [5.41, 5.74) is 1.83. The predicted molar refractivity (Wildman–Crippen MR) is 69.3 cm³/mol. The Hall–Kier alpha value is -1.71. The molecule has 18 heavy (non-hydrogen) atoms. The van der Waals surface area contributed by atoms with E-state index in [9.17, 15) is 4.79 Å². The van der Waals surface area contributed by atoms with Crippen LogP contribution in [0.25, 0.3) is 0 Å². The Morgan fingerprint density at radius 2 is 1.89 bits per heavy atom. The molecular weight excluding hydrogens is 232 g/mol. The standard InChI is InChI=1S/C14H20O4/c1-6-11(14(15)18-5)13-9(2)7-10(16-3)8-12(13)17-4/h7-8,11H,6H2,1-5H3. The molecule has 0 saturated carbocycles. The van der Waals surface area contributed by atoms with Crippen molar-refractivity contribution >= 4 is 5.97 Å². The van der Waals surface area contributed by atoms with Gasteiger partial charge in [0, 0.05) is 11.6 Å². The number of hydrogen-bond acceptors (Lipinski definition) is 4. The second kappa shape index (κ2) is 6.28.